The molecule has 0 aliphatic heterocycles. The van der Waals surface area contributed by atoms with Crippen molar-refractivity contribution in [3.63, 3.8) is 0 Å². The summed E-state index contributed by atoms with van der Waals surface area (Å²) in [6.07, 6.45) is 11.9. The molecule has 186 valence electrons. The van der Waals surface area contributed by atoms with E-state index in [1.54, 1.807) is 6.07 Å². The Hall–Kier alpha value is -3.46. The zero-order valence-electron chi connectivity index (χ0n) is 21.7. The van der Waals surface area contributed by atoms with Crippen LogP contribution in [-0.4, -0.2) is 0 Å². The van der Waals surface area contributed by atoms with Gasteiger partial charge in [0.1, 0.15) is 24.0 Å². The Kier molecular flexibility index (Phi) is 5.42. The average molecular weight is 491 g/mol. The van der Waals surface area contributed by atoms with Gasteiger partial charge in [0, 0.05) is 22.9 Å². The molecule has 0 N–H and O–H groups in total. The van der Waals surface area contributed by atoms with Gasteiger partial charge in [-0.25, -0.2) is 8.96 Å². The van der Waals surface area contributed by atoms with Crippen LogP contribution in [0.1, 0.15) is 66.7 Å². The molecular weight excluding hydrogens is 457 g/mol. The Morgan fingerprint density at radius 2 is 1.54 bits per heavy atom. The van der Waals surface area contributed by atoms with Gasteiger partial charge in [0.25, 0.3) is 0 Å². The van der Waals surface area contributed by atoms with Gasteiger partial charge in [-0.15, -0.1) is 0 Å². The van der Waals surface area contributed by atoms with Crippen molar-refractivity contribution < 1.29 is 13.4 Å². The fourth-order valence-corrected chi connectivity index (χ4v) is 7.09. The van der Waals surface area contributed by atoms with Crippen LogP contribution in [0.5, 0.6) is 0 Å². The molecule has 2 aliphatic carbocycles. The summed E-state index contributed by atoms with van der Waals surface area (Å²) in [7, 11) is 2.05. The molecular formula is C34H33FNO+. The molecule has 0 saturated heterocycles. The predicted octanol–water partition coefficient (Wildman–Crippen LogP) is 8.73. The van der Waals surface area contributed by atoms with Crippen LogP contribution in [0.3, 0.4) is 0 Å². The third kappa shape index (κ3) is 3.54. The van der Waals surface area contributed by atoms with Gasteiger partial charge in [0.15, 0.2) is 6.20 Å². The van der Waals surface area contributed by atoms with Gasteiger partial charge in [-0.1, -0.05) is 43.5 Å². The second kappa shape index (κ2) is 8.83. The number of rotatable bonds is 3. The van der Waals surface area contributed by atoms with Gasteiger partial charge < -0.3 is 4.42 Å². The van der Waals surface area contributed by atoms with Gasteiger partial charge in [-0.2, -0.15) is 0 Å². The van der Waals surface area contributed by atoms with Crippen LogP contribution in [0.4, 0.5) is 4.39 Å². The molecule has 3 heteroatoms. The van der Waals surface area contributed by atoms with Gasteiger partial charge in [0.2, 0.25) is 5.69 Å². The molecule has 0 amide bonds. The van der Waals surface area contributed by atoms with E-state index < -0.39 is 0 Å². The molecule has 0 atom stereocenters. The lowest BCUT2D eigenvalue weighted by atomic mass is 9.80. The zero-order chi connectivity index (χ0) is 25.1. The van der Waals surface area contributed by atoms with Crippen molar-refractivity contribution in [3.8, 4) is 22.4 Å². The number of benzene rings is 3. The number of fused-ring (bicyclic) bond motifs is 4. The number of hydrogen-bond donors (Lipinski definition) is 0. The van der Waals surface area contributed by atoms with E-state index in [1.165, 1.54) is 48.8 Å². The van der Waals surface area contributed by atoms with Crippen LogP contribution in [0.2, 0.25) is 0 Å². The summed E-state index contributed by atoms with van der Waals surface area (Å²) >= 11 is 0. The minimum absolute atomic E-state index is 0.199. The first-order valence-electron chi connectivity index (χ1n) is 13.9. The first kappa shape index (κ1) is 22.7. The lowest BCUT2D eigenvalue weighted by Gasteiger charge is -2.25. The van der Waals surface area contributed by atoms with Crippen LogP contribution in [0.15, 0.2) is 65.2 Å². The maximum Gasteiger partial charge on any atom is 0.216 e. The normalized spacial score (nSPS) is 16.1. The standard InChI is InChI=1S/C34H33FNO/c1-21-14-15-27-28-18-19-29(35)32(34(28)37-33(27)31(21)30-13-6-7-20-36(30)2)26-17-16-23(22-9-4-3-5-10-22)24-11-8-12-25(24)26/h6-7,13-20,22H,3-5,8-12H2,1-2H3/q+1. The zero-order valence-corrected chi connectivity index (χ0v) is 21.7. The minimum atomic E-state index is -0.199. The van der Waals surface area contributed by atoms with Gasteiger partial charge in [-0.05, 0) is 91.0 Å². The Labute approximate surface area is 217 Å². The van der Waals surface area contributed by atoms with Crippen LogP contribution in [0, 0.1) is 12.7 Å². The predicted molar refractivity (Wildman–Crippen MR) is 148 cm³/mol. The van der Waals surface area contributed by atoms with Crippen LogP contribution in [-0.2, 0) is 19.9 Å². The van der Waals surface area contributed by atoms with Gasteiger partial charge in [0.05, 0.1) is 11.1 Å². The van der Waals surface area contributed by atoms with E-state index in [-0.39, 0.29) is 5.82 Å². The highest BCUT2D eigenvalue weighted by Gasteiger charge is 2.28. The molecule has 37 heavy (non-hydrogen) atoms. The Morgan fingerprint density at radius 3 is 2.35 bits per heavy atom. The molecule has 0 unspecified atom stereocenters. The quantitative estimate of drug-likeness (QED) is 0.231. The first-order chi connectivity index (χ1) is 18.1. The number of furan rings is 1. The molecule has 0 radical (unpaired) electrons. The average Bonchev–Trinajstić information content (AvgIpc) is 3.55. The van der Waals surface area contributed by atoms with Crippen LogP contribution >= 0.6 is 0 Å². The fourth-order valence-electron chi connectivity index (χ4n) is 7.09. The highest BCUT2D eigenvalue weighted by molar-refractivity contribution is 6.13. The molecule has 7 rings (SSSR count). The number of aryl methyl sites for hydroxylation is 2. The van der Waals surface area contributed by atoms with Crippen molar-refractivity contribution in [1.29, 1.82) is 0 Å². The molecule has 2 heterocycles. The third-order valence-corrected chi connectivity index (χ3v) is 8.91. The minimum Gasteiger partial charge on any atom is -0.454 e. The molecule has 2 nitrogen and oxygen atoms in total. The molecule has 0 bridgehead atoms. The molecule has 2 aliphatic rings. The summed E-state index contributed by atoms with van der Waals surface area (Å²) in [6, 6.07) is 18.5. The fraction of sp³-hybridized carbons (Fsp3) is 0.324. The van der Waals surface area contributed by atoms with Crippen LogP contribution in [0.25, 0.3) is 44.3 Å². The maximum atomic E-state index is 15.8. The summed E-state index contributed by atoms with van der Waals surface area (Å²) in [6.45, 7) is 2.12. The number of nitrogens with zero attached hydrogens (tertiary/aromatic N) is 1. The molecule has 1 saturated carbocycles. The second-order valence-corrected chi connectivity index (χ2v) is 11.1. The number of aromatic nitrogens is 1. The van der Waals surface area contributed by atoms with E-state index in [0.717, 1.165) is 58.0 Å². The van der Waals surface area contributed by atoms with Crippen molar-refractivity contribution >= 4 is 21.9 Å². The van der Waals surface area contributed by atoms with Crippen molar-refractivity contribution in [2.75, 3.05) is 0 Å². The van der Waals surface area contributed by atoms with Crippen molar-refractivity contribution in [2.24, 2.45) is 7.05 Å². The largest absolute Gasteiger partial charge is 0.454 e. The number of halogens is 1. The number of pyridine rings is 1. The van der Waals surface area contributed by atoms with E-state index in [2.05, 4.69) is 61.1 Å². The highest BCUT2D eigenvalue weighted by Crippen LogP contribution is 2.46. The van der Waals surface area contributed by atoms with Gasteiger partial charge >= 0.3 is 0 Å². The van der Waals surface area contributed by atoms with Crippen molar-refractivity contribution in [1.82, 2.24) is 0 Å². The summed E-state index contributed by atoms with van der Waals surface area (Å²) in [5.41, 5.74) is 10.8. The lowest BCUT2D eigenvalue weighted by molar-refractivity contribution is -0.660. The summed E-state index contributed by atoms with van der Waals surface area (Å²) in [5.74, 6) is 0.466. The number of hydrogen-bond acceptors (Lipinski definition) is 1. The second-order valence-electron chi connectivity index (χ2n) is 11.1. The Bertz CT molecular complexity index is 1670. The highest BCUT2D eigenvalue weighted by atomic mass is 19.1. The monoisotopic (exact) mass is 490 g/mol. The summed E-state index contributed by atoms with van der Waals surface area (Å²) in [5, 5.41) is 2.02. The molecule has 5 aromatic rings. The van der Waals surface area contributed by atoms with Gasteiger partial charge in [-0.3, -0.25) is 0 Å². The summed E-state index contributed by atoms with van der Waals surface area (Å²) < 4.78 is 24.6. The summed E-state index contributed by atoms with van der Waals surface area (Å²) in [4.78, 5) is 0. The lowest BCUT2D eigenvalue weighted by Crippen LogP contribution is -2.30. The SMILES string of the molecule is Cc1ccc2c(oc3c(-c4ccc(C5CCCCC5)c5c4CCC5)c(F)ccc32)c1-c1cccc[n+]1C. The molecule has 3 aromatic carbocycles. The van der Waals surface area contributed by atoms with Crippen molar-refractivity contribution in [2.45, 2.75) is 64.2 Å². The maximum absolute atomic E-state index is 15.8. The molecule has 0 spiro atoms. The van der Waals surface area contributed by atoms with E-state index in [0.29, 0.717) is 17.1 Å². The topological polar surface area (TPSA) is 17.0 Å². The Balaban J connectivity index is 1.48. The molecule has 2 aromatic heterocycles. The van der Waals surface area contributed by atoms with E-state index in [9.17, 15) is 0 Å². The van der Waals surface area contributed by atoms with Crippen LogP contribution < -0.4 is 4.57 Å². The van der Waals surface area contributed by atoms with E-state index in [1.807, 2.05) is 12.1 Å². The van der Waals surface area contributed by atoms with E-state index >= 15 is 4.39 Å². The first-order valence-corrected chi connectivity index (χ1v) is 13.9. The van der Waals surface area contributed by atoms with Crippen molar-refractivity contribution in [3.05, 3.63) is 88.9 Å². The Morgan fingerprint density at radius 1 is 0.784 bits per heavy atom. The van der Waals surface area contributed by atoms with E-state index in [4.69, 9.17) is 4.42 Å². The smallest absolute Gasteiger partial charge is 0.216 e. The third-order valence-electron chi connectivity index (χ3n) is 8.91. The molecule has 1 fully saturated rings.